The zero-order valence-corrected chi connectivity index (χ0v) is 12.1. The number of aliphatic carboxylic acids is 1. The van der Waals surface area contributed by atoms with Gasteiger partial charge in [-0.25, -0.2) is 17.2 Å². The van der Waals surface area contributed by atoms with E-state index in [4.69, 9.17) is 0 Å². The van der Waals surface area contributed by atoms with E-state index in [2.05, 4.69) is 0 Å². The third-order valence-corrected chi connectivity index (χ3v) is 6.04. The Morgan fingerprint density at radius 3 is 2.29 bits per heavy atom. The van der Waals surface area contributed by atoms with Crippen LogP contribution in [0.4, 0.5) is 8.78 Å². The molecule has 0 saturated heterocycles. The Hall–Kier alpha value is -1.50. The van der Waals surface area contributed by atoms with E-state index in [1.54, 1.807) is 0 Å². The summed E-state index contributed by atoms with van der Waals surface area (Å²) < 4.78 is 51.1. The van der Waals surface area contributed by atoms with Crippen molar-refractivity contribution in [3.8, 4) is 0 Å². The molecule has 1 unspecified atom stereocenters. The number of sulfone groups is 1. The van der Waals surface area contributed by atoms with Crippen molar-refractivity contribution >= 4 is 15.8 Å². The molecule has 1 atom stereocenters. The van der Waals surface area contributed by atoms with Crippen molar-refractivity contribution < 1.29 is 27.1 Å². The van der Waals surface area contributed by atoms with Gasteiger partial charge in [0.15, 0.2) is 26.7 Å². The summed E-state index contributed by atoms with van der Waals surface area (Å²) in [4.78, 5) is 10.9. The lowest BCUT2D eigenvalue weighted by molar-refractivity contribution is -0.137. The first-order valence-electron chi connectivity index (χ1n) is 6.76. The van der Waals surface area contributed by atoms with Gasteiger partial charge in [-0.05, 0) is 37.0 Å². The lowest BCUT2D eigenvalue weighted by Gasteiger charge is -2.27. The third-order valence-electron chi connectivity index (χ3n) is 3.88. The van der Waals surface area contributed by atoms with Crippen LogP contribution in [0.25, 0.3) is 0 Å². The van der Waals surface area contributed by atoms with Crippen LogP contribution in [0, 0.1) is 17.6 Å². The maximum Gasteiger partial charge on any atom is 0.322 e. The smallest absolute Gasteiger partial charge is 0.322 e. The van der Waals surface area contributed by atoms with E-state index in [9.17, 15) is 27.1 Å². The molecule has 4 nitrogen and oxygen atoms in total. The molecule has 0 amide bonds. The Kier molecular flexibility index (Phi) is 4.61. The van der Waals surface area contributed by atoms with Crippen LogP contribution in [0.1, 0.15) is 32.1 Å². The van der Waals surface area contributed by atoms with Crippen LogP contribution in [0.15, 0.2) is 23.1 Å². The molecule has 0 heterocycles. The molecule has 0 aromatic heterocycles. The molecule has 0 aliphatic heterocycles. The van der Waals surface area contributed by atoms with E-state index in [0.717, 1.165) is 25.3 Å². The fourth-order valence-electron chi connectivity index (χ4n) is 2.83. The lowest BCUT2D eigenvalue weighted by atomic mass is 9.87. The molecule has 1 aliphatic rings. The Balaban J connectivity index is 2.41. The third kappa shape index (κ3) is 3.23. The number of benzene rings is 1. The number of halogens is 2. The molecule has 2 rings (SSSR count). The van der Waals surface area contributed by atoms with E-state index < -0.39 is 43.5 Å². The highest BCUT2D eigenvalue weighted by Gasteiger charge is 2.41. The van der Waals surface area contributed by atoms with Crippen LogP contribution in [-0.2, 0) is 14.6 Å². The van der Waals surface area contributed by atoms with Crippen molar-refractivity contribution in [3.63, 3.8) is 0 Å². The van der Waals surface area contributed by atoms with Gasteiger partial charge in [-0.2, -0.15) is 0 Å². The summed E-state index contributed by atoms with van der Waals surface area (Å²) in [7, 11) is -4.25. The first-order valence-corrected chi connectivity index (χ1v) is 8.30. The van der Waals surface area contributed by atoms with Crippen LogP contribution in [-0.4, -0.2) is 24.7 Å². The normalized spacial score (nSPS) is 18.4. The summed E-state index contributed by atoms with van der Waals surface area (Å²) in [6, 6.07) is 2.15. The summed E-state index contributed by atoms with van der Waals surface area (Å²) in [6.07, 6.45) is 3.54. The highest BCUT2D eigenvalue weighted by molar-refractivity contribution is 7.92. The van der Waals surface area contributed by atoms with Crippen molar-refractivity contribution in [1.82, 2.24) is 0 Å². The topological polar surface area (TPSA) is 71.4 Å². The standard InChI is InChI=1S/C14H16F2O4S/c15-11-7-6-10(8-12(11)16)21(19,20)13(14(17)18)9-4-2-1-3-5-9/h6-9,13H,1-5H2,(H,17,18). The minimum absolute atomic E-state index is 0.487. The Bertz CT molecular complexity index is 636. The quantitative estimate of drug-likeness (QED) is 0.867. The zero-order valence-electron chi connectivity index (χ0n) is 11.3. The van der Waals surface area contributed by atoms with Crippen LogP contribution >= 0.6 is 0 Å². The van der Waals surface area contributed by atoms with Crippen LogP contribution in [0.3, 0.4) is 0 Å². The second-order valence-electron chi connectivity index (χ2n) is 5.28. The maximum absolute atomic E-state index is 13.2. The van der Waals surface area contributed by atoms with Crippen molar-refractivity contribution in [2.75, 3.05) is 0 Å². The zero-order chi connectivity index (χ0) is 15.6. The molecule has 0 spiro atoms. The van der Waals surface area contributed by atoms with Crippen molar-refractivity contribution in [2.24, 2.45) is 5.92 Å². The van der Waals surface area contributed by atoms with E-state index in [0.29, 0.717) is 25.0 Å². The van der Waals surface area contributed by atoms with E-state index in [-0.39, 0.29) is 0 Å². The van der Waals surface area contributed by atoms with Gasteiger partial charge in [0.25, 0.3) is 0 Å². The fraction of sp³-hybridized carbons (Fsp3) is 0.500. The molecular formula is C14H16F2O4S. The molecule has 1 aromatic carbocycles. The van der Waals surface area contributed by atoms with E-state index in [1.807, 2.05) is 0 Å². The highest BCUT2D eigenvalue weighted by atomic mass is 32.2. The van der Waals surface area contributed by atoms with Gasteiger partial charge in [-0.3, -0.25) is 4.79 Å². The Morgan fingerprint density at radius 1 is 1.14 bits per heavy atom. The second kappa shape index (κ2) is 6.09. The average molecular weight is 318 g/mol. The summed E-state index contributed by atoms with van der Waals surface area (Å²) in [5.74, 6) is -4.40. The number of carbonyl (C=O) groups is 1. The molecule has 1 N–H and O–H groups in total. The maximum atomic E-state index is 13.2. The lowest BCUT2D eigenvalue weighted by Crippen LogP contribution is -2.38. The van der Waals surface area contributed by atoms with E-state index >= 15 is 0 Å². The monoisotopic (exact) mass is 318 g/mol. The van der Waals surface area contributed by atoms with Gasteiger partial charge in [0.1, 0.15) is 0 Å². The van der Waals surface area contributed by atoms with Gasteiger partial charge in [-0.15, -0.1) is 0 Å². The average Bonchev–Trinajstić information content (AvgIpc) is 2.42. The van der Waals surface area contributed by atoms with Gasteiger partial charge in [0.2, 0.25) is 0 Å². The van der Waals surface area contributed by atoms with Gasteiger partial charge < -0.3 is 5.11 Å². The number of hydrogen-bond donors (Lipinski definition) is 1. The molecule has 1 saturated carbocycles. The molecular weight excluding hydrogens is 302 g/mol. The molecule has 116 valence electrons. The van der Waals surface area contributed by atoms with Gasteiger partial charge in [-0.1, -0.05) is 19.3 Å². The second-order valence-corrected chi connectivity index (χ2v) is 7.35. The largest absolute Gasteiger partial charge is 0.480 e. The molecule has 1 aliphatic carbocycles. The minimum atomic E-state index is -4.25. The van der Waals surface area contributed by atoms with Gasteiger partial charge in [0, 0.05) is 0 Å². The van der Waals surface area contributed by atoms with Crippen LogP contribution in [0.2, 0.25) is 0 Å². The fourth-order valence-corrected chi connectivity index (χ4v) is 4.69. The number of carboxylic acid groups (broad SMARTS) is 1. The highest BCUT2D eigenvalue weighted by Crippen LogP contribution is 2.33. The van der Waals surface area contributed by atoms with Crippen LogP contribution in [0.5, 0.6) is 0 Å². The van der Waals surface area contributed by atoms with Crippen molar-refractivity contribution in [1.29, 1.82) is 0 Å². The van der Waals surface area contributed by atoms with Gasteiger partial charge >= 0.3 is 5.97 Å². The van der Waals surface area contributed by atoms with Crippen molar-refractivity contribution in [2.45, 2.75) is 42.2 Å². The summed E-state index contributed by atoms with van der Waals surface area (Å²) >= 11 is 0. The van der Waals surface area contributed by atoms with Gasteiger partial charge in [0.05, 0.1) is 4.90 Å². The minimum Gasteiger partial charge on any atom is -0.480 e. The molecule has 7 heteroatoms. The first-order chi connectivity index (χ1) is 9.84. The number of hydrogen-bond acceptors (Lipinski definition) is 3. The van der Waals surface area contributed by atoms with E-state index in [1.165, 1.54) is 0 Å². The molecule has 0 bridgehead atoms. The predicted octanol–water partition coefficient (Wildman–Crippen LogP) is 2.77. The molecule has 1 aromatic rings. The Labute approximate surface area is 121 Å². The summed E-state index contributed by atoms with van der Waals surface area (Å²) in [6.45, 7) is 0. The van der Waals surface area contributed by atoms with Crippen LogP contribution < -0.4 is 0 Å². The summed E-state index contributed by atoms with van der Waals surface area (Å²) in [5, 5.41) is 7.69. The van der Waals surface area contributed by atoms with Crippen molar-refractivity contribution in [3.05, 3.63) is 29.8 Å². The molecule has 1 fully saturated rings. The first kappa shape index (κ1) is 15.9. The predicted molar refractivity (Wildman–Crippen MR) is 71.5 cm³/mol. The number of carboxylic acids is 1. The Morgan fingerprint density at radius 2 is 1.76 bits per heavy atom. The summed E-state index contributed by atoms with van der Waals surface area (Å²) in [5.41, 5.74) is 0. The molecule has 0 radical (unpaired) electrons. The SMILES string of the molecule is O=C(O)C(C1CCCCC1)S(=O)(=O)c1ccc(F)c(F)c1. The molecule has 21 heavy (non-hydrogen) atoms. The number of rotatable bonds is 4.